The van der Waals surface area contributed by atoms with E-state index in [1.54, 1.807) is 38.4 Å². The molecule has 3 amide bonds. The van der Waals surface area contributed by atoms with Gasteiger partial charge in [0, 0.05) is 31.9 Å². The molecule has 0 radical (unpaired) electrons. The summed E-state index contributed by atoms with van der Waals surface area (Å²) in [5, 5.41) is 9.09. The lowest BCUT2D eigenvalue weighted by atomic mass is 9.96. The van der Waals surface area contributed by atoms with Crippen LogP contribution in [-0.2, 0) is 0 Å². The van der Waals surface area contributed by atoms with E-state index in [1.807, 2.05) is 0 Å². The van der Waals surface area contributed by atoms with Crippen molar-refractivity contribution in [3.63, 3.8) is 0 Å². The van der Waals surface area contributed by atoms with E-state index in [2.05, 4.69) is 16.0 Å². The number of rotatable bonds is 5. The van der Waals surface area contributed by atoms with Crippen LogP contribution in [0, 0.1) is 5.92 Å². The highest BCUT2D eigenvalue weighted by Crippen LogP contribution is 2.14. The van der Waals surface area contributed by atoms with Crippen molar-refractivity contribution in [3.05, 3.63) is 29.8 Å². The summed E-state index contributed by atoms with van der Waals surface area (Å²) in [6.07, 6.45) is 3.44. The number of amides is 3. The predicted molar refractivity (Wildman–Crippen MR) is 91.7 cm³/mol. The van der Waals surface area contributed by atoms with Crippen molar-refractivity contribution in [2.75, 3.05) is 39.0 Å². The molecule has 1 saturated heterocycles. The zero-order valence-electron chi connectivity index (χ0n) is 13.9. The molecule has 23 heavy (non-hydrogen) atoms. The maximum Gasteiger partial charge on any atom is 0.321 e. The van der Waals surface area contributed by atoms with Crippen LogP contribution in [0.1, 0.15) is 29.6 Å². The molecule has 1 atom stereocenters. The van der Waals surface area contributed by atoms with Gasteiger partial charge in [-0.05, 0) is 56.5 Å². The Kier molecular flexibility index (Phi) is 6.40. The fourth-order valence-electron chi connectivity index (χ4n) is 2.64. The lowest BCUT2D eigenvalue weighted by molar-refractivity contribution is 0.0950. The average Bonchev–Trinajstić information content (AvgIpc) is 2.56. The van der Waals surface area contributed by atoms with Crippen molar-refractivity contribution in [1.29, 1.82) is 0 Å². The first-order valence-corrected chi connectivity index (χ1v) is 8.13. The number of benzene rings is 1. The van der Waals surface area contributed by atoms with Gasteiger partial charge in [-0.3, -0.25) is 4.79 Å². The van der Waals surface area contributed by atoms with Crippen LogP contribution >= 0.6 is 0 Å². The average molecular weight is 318 g/mol. The predicted octanol–water partition coefficient (Wildman–Crippen LogP) is 1.90. The molecule has 0 aromatic heterocycles. The molecular weight excluding hydrogens is 292 g/mol. The Balaban J connectivity index is 1.82. The van der Waals surface area contributed by atoms with Gasteiger partial charge in [0.15, 0.2) is 0 Å². The minimum Gasteiger partial charge on any atom is -0.352 e. The van der Waals surface area contributed by atoms with Crippen LogP contribution in [0.4, 0.5) is 10.5 Å². The number of piperidine rings is 1. The molecule has 1 aliphatic rings. The van der Waals surface area contributed by atoms with E-state index in [4.69, 9.17) is 0 Å². The van der Waals surface area contributed by atoms with Crippen molar-refractivity contribution in [1.82, 2.24) is 15.5 Å². The maximum absolute atomic E-state index is 12.2. The van der Waals surface area contributed by atoms with Gasteiger partial charge in [-0.1, -0.05) is 6.07 Å². The molecule has 126 valence electrons. The normalized spacial score (nSPS) is 17.4. The maximum atomic E-state index is 12.2. The summed E-state index contributed by atoms with van der Waals surface area (Å²) < 4.78 is 0. The smallest absolute Gasteiger partial charge is 0.321 e. The molecule has 3 N–H and O–H groups in total. The highest BCUT2D eigenvalue weighted by molar-refractivity contribution is 5.96. The lowest BCUT2D eigenvalue weighted by Crippen LogP contribution is -2.33. The second-order valence-corrected chi connectivity index (χ2v) is 6.16. The topological polar surface area (TPSA) is 73.5 Å². The quantitative estimate of drug-likeness (QED) is 0.776. The SMILES string of the molecule is CN(C)C(=O)Nc1cccc(C(=O)NCCC2CCCNC2)c1. The van der Waals surface area contributed by atoms with Gasteiger partial charge in [-0.2, -0.15) is 0 Å². The molecule has 1 unspecified atom stereocenters. The van der Waals surface area contributed by atoms with Crippen LogP contribution < -0.4 is 16.0 Å². The van der Waals surface area contributed by atoms with Gasteiger partial charge in [0.05, 0.1) is 0 Å². The van der Waals surface area contributed by atoms with E-state index in [9.17, 15) is 9.59 Å². The van der Waals surface area contributed by atoms with Gasteiger partial charge < -0.3 is 20.9 Å². The van der Waals surface area contributed by atoms with Crippen molar-refractivity contribution in [3.8, 4) is 0 Å². The molecule has 0 spiro atoms. The van der Waals surface area contributed by atoms with Crippen LogP contribution in [0.3, 0.4) is 0 Å². The number of carbonyl (C=O) groups is 2. The van der Waals surface area contributed by atoms with Gasteiger partial charge in [0.1, 0.15) is 0 Å². The summed E-state index contributed by atoms with van der Waals surface area (Å²) in [5.74, 6) is 0.546. The van der Waals surface area contributed by atoms with Gasteiger partial charge in [0.2, 0.25) is 0 Å². The number of hydrogen-bond donors (Lipinski definition) is 3. The summed E-state index contributed by atoms with van der Waals surface area (Å²) in [5.41, 5.74) is 1.18. The number of carbonyl (C=O) groups excluding carboxylic acids is 2. The second-order valence-electron chi connectivity index (χ2n) is 6.16. The van der Waals surface area contributed by atoms with E-state index in [-0.39, 0.29) is 11.9 Å². The Morgan fingerprint density at radius 3 is 2.87 bits per heavy atom. The molecular formula is C17H26N4O2. The highest BCUT2D eigenvalue weighted by atomic mass is 16.2. The summed E-state index contributed by atoms with van der Waals surface area (Å²) in [4.78, 5) is 25.3. The molecule has 0 aliphatic carbocycles. The lowest BCUT2D eigenvalue weighted by Gasteiger charge is -2.22. The van der Waals surface area contributed by atoms with Crippen LogP contribution in [0.2, 0.25) is 0 Å². The third-order valence-corrected chi connectivity index (χ3v) is 4.02. The van der Waals surface area contributed by atoms with Gasteiger partial charge >= 0.3 is 6.03 Å². The van der Waals surface area contributed by atoms with Crippen molar-refractivity contribution >= 4 is 17.6 Å². The molecule has 1 aliphatic heterocycles. The van der Waals surface area contributed by atoms with E-state index < -0.39 is 0 Å². The molecule has 0 bridgehead atoms. The number of nitrogens with zero attached hydrogens (tertiary/aromatic N) is 1. The van der Waals surface area contributed by atoms with Crippen molar-refractivity contribution in [2.24, 2.45) is 5.92 Å². The summed E-state index contributed by atoms with van der Waals surface area (Å²) >= 11 is 0. The van der Waals surface area contributed by atoms with Gasteiger partial charge in [-0.25, -0.2) is 4.79 Å². The van der Waals surface area contributed by atoms with Crippen LogP contribution in [0.5, 0.6) is 0 Å². The van der Waals surface area contributed by atoms with E-state index in [0.29, 0.717) is 23.7 Å². The second kappa shape index (κ2) is 8.53. The Bertz CT molecular complexity index is 539. The Morgan fingerprint density at radius 1 is 1.35 bits per heavy atom. The van der Waals surface area contributed by atoms with Crippen LogP contribution in [-0.4, -0.2) is 50.6 Å². The first-order valence-electron chi connectivity index (χ1n) is 8.13. The monoisotopic (exact) mass is 318 g/mol. The van der Waals surface area contributed by atoms with E-state index >= 15 is 0 Å². The van der Waals surface area contributed by atoms with E-state index in [1.165, 1.54) is 17.7 Å². The number of nitrogens with one attached hydrogen (secondary N) is 3. The molecule has 2 rings (SSSR count). The first-order chi connectivity index (χ1) is 11.1. The van der Waals surface area contributed by atoms with Crippen molar-refractivity contribution < 1.29 is 9.59 Å². The summed E-state index contributed by atoms with van der Waals surface area (Å²) in [6.45, 7) is 2.83. The summed E-state index contributed by atoms with van der Waals surface area (Å²) in [6, 6.07) is 6.77. The fourth-order valence-corrected chi connectivity index (χ4v) is 2.64. The van der Waals surface area contributed by atoms with Crippen LogP contribution in [0.15, 0.2) is 24.3 Å². The molecule has 6 nitrogen and oxygen atoms in total. The number of urea groups is 1. The van der Waals surface area contributed by atoms with Crippen molar-refractivity contribution in [2.45, 2.75) is 19.3 Å². The molecule has 1 aromatic carbocycles. The Morgan fingerprint density at radius 2 is 2.17 bits per heavy atom. The van der Waals surface area contributed by atoms with E-state index in [0.717, 1.165) is 19.5 Å². The molecule has 1 fully saturated rings. The first kappa shape index (κ1) is 17.3. The third-order valence-electron chi connectivity index (χ3n) is 4.02. The largest absolute Gasteiger partial charge is 0.352 e. The standard InChI is InChI=1S/C17H26N4O2/c1-21(2)17(23)20-15-7-3-6-14(11-15)16(22)19-10-8-13-5-4-9-18-12-13/h3,6-7,11,13,18H,4-5,8-10,12H2,1-2H3,(H,19,22)(H,20,23). The fraction of sp³-hybridized carbons (Fsp3) is 0.529. The number of hydrogen-bond acceptors (Lipinski definition) is 3. The zero-order valence-corrected chi connectivity index (χ0v) is 13.9. The van der Waals surface area contributed by atoms with Gasteiger partial charge in [0.25, 0.3) is 5.91 Å². The minimum absolute atomic E-state index is 0.102. The minimum atomic E-state index is -0.215. The Hall–Kier alpha value is -2.08. The zero-order chi connectivity index (χ0) is 16.7. The summed E-state index contributed by atoms with van der Waals surface area (Å²) in [7, 11) is 3.35. The third kappa shape index (κ3) is 5.56. The molecule has 1 heterocycles. The molecule has 6 heteroatoms. The van der Waals surface area contributed by atoms with Gasteiger partial charge in [-0.15, -0.1) is 0 Å². The molecule has 0 saturated carbocycles. The number of anilines is 1. The Labute approximate surface area is 137 Å². The van der Waals surface area contributed by atoms with Crippen LogP contribution in [0.25, 0.3) is 0 Å². The highest BCUT2D eigenvalue weighted by Gasteiger charge is 2.13. The molecule has 1 aromatic rings.